The third-order valence-corrected chi connectivity index (χ3v) is 3.36. The van der Waals surface area contributed by atoms with Crippen LogP contribution in [0.25, 0.3) is 0 Å². The van der Waals surface area contributed by atoms with Crippen LogP contribution in [0.2, 0.25) is 0 Å². The monoisotopic (exact) mass is 351 g/mol. The van der Waals surface area contributed by atoms with Gasteiger partial charge >= 0.3 is 5.69 Å². The van der Waals surface area contributed by atoms with Crippen molar-refractivity contribution >= 4 is 21.6 Å². The lowest BCUT2D eigenvalue weighted by Crippen LogP contribution is -2.08. The van der Waals surface area contributed by atoms with E-state index >= 15 is 0 Å². The third kappa shape index (κ3) is 3.37. The van der Waals surface area contributed by atoms with Crippen LogP contribution in [0.3, 0.4) is 0 Å². The molecule has 1 atom stereocenters. The van der Waals surface area contributed by atoms with Crippen molar-refractivity contribution in [2.75, 3.05) is 0 Å². The van der Waals surface area contributed by atoms with Crippen LogP contribution in [0.5, 0.6) is 11.6 Å². The van der Waals surface area contributed by atoms with Gasteiger partial charge in [0.15, 0.2) is 0 Å². The molecule has 1 aromatic carbocycles. The van der Waals surface area contributed by atoms with Crippen molar-refractivity contribution in [1.82, 2.24) is 4.98 Å². The minimum Gasteiger partial charge on any atom is -0.431 e. The second-order valence-electron chi connectivity index (χ2n) is 4.62. The highest BCUT2D eigenvalue weighted by molar-refractivity contribution is 9.10. The number of hydrogen-bond donors (Lipinski definition) is 1. The van der Waals surface area contributed by atoms with Gasteiger partial charge in [0.1, 0.15) is 0 Å². The van der Waals surface area contributed by atoms with Gasteiger partial charge in [-0.1, -0.05) is 22.0 Å². The maximum absolute atomic E-state index is 11.2. The van der Waals surface area contributed by atoms with Gasteiger partial charge in [0.25, 0.3) is 0 Å². The lowest BCUT2D eigenvalue weighted by atomic mass is 10.1. The first kappa shape index (κ1) is 15.4. The predicted octanol–water partition coefficient (Wildman–Crippen LogP) is 3.87. The van der Waals surface area contributed by atoms with Crippen molar-refractivity contribution in [3.05, 3.63) is 56.2 Å². The molecule has 0 aliphatic rings. The molecule has 0 spiro atoms. The van der Waals surface area contributed by atoms with E-state index < -0.39 is 4.92 Å². The summed E-state index contributed by atoms with van der Waals surface area (Å²) < 4.78 is 6.31. The Kier molecular flexibility index (Phi) is 4.54. The molecule has 2 rings (SSSR count). The molecule has 0 saturated carbocycles. The number of halogens is 1. The van der Waals surface area contributed by atoms with Gasteiger partial charge in [-0.05, 0) is 26.0 Å². The van der Waals surface area contributed by atoms with E-state index in [0.717, 1.165) is 0 Å². The Balaban J connectivity index is 2.52. The summed E-state index contributed by atoms with van der Waals surface area (Å²) in [5, 5.41) is 11.2. The van der Waals surface area contributed by atoms with Crippen molar-refractivity contribution in [3.63, 3.8) is 0 Å². The zero-order chi connectivity index (χ0) is 15.6. The number of aromatic nitrogens is 1. The predicted molar refractivity (Wildman–Crippen MR) is 82.4 cm³/mol. The molecule has 0 aliphatic carbocycles. The molecule has 1 aromatic heterocycles. The minimum absolute atomic E-state index is 0.122. The summed E-state index contributed by atoms with van der Waals surface area (Å²) in [5.41, 5.74) is 7.07. The number of nitrogens with two attached hydrogens (primary N) is 1. The van der Waals surface area contributed by atoms with E-state index in [2.05, 4.69) is 20.9 Å². The first-order valence-corrected chi connectivity index (χ1v) is 7.02. The normalized spacial score (nSPS) is 12.0. The lowest BCUT2D eigenvalue weighted by molar-refractivity contribution is -0.385. The number of rotatable bonds is 4. The Morgan fingerprint density at radius 1 is 1.48 bits per heavy atom. The zero-order valence-electron chi connectivity index (χ0n) is 11.5. The van der Waals surface area contributed by atoms with Crippen LogP contribution in [-0.2, 0) is 0 Å². The van der Waals surface area contributed by atoms with Crippen LogP contribution in [-0.4, -0.2) is 9.91 Å². The average molecular weight is 352 g/mol. The number of pyridine rings is 1. The van der Waals surface area contributed by atoms with Gasteiger partial charge in [-0.3, -0.25) is 10.1 Å². The summed E-state index contributed by atoms with van der Waals surface area (Å²) in [4.78, 5) is 14.8. The number of nitro groups is 1. The van der Waals surface area contributed by atoms with Crippen molar-refractivity contribution < 1.29 is 9.66 Å². The van der Waals surface area contributed by atoms with E-state index in [1.54, 1.807) is 38.2 Å². The van der Waals surface area contributed by atoms with Crippen LogP contribution < -0.4 is 10.5 Å². The van der Waals surface area contributed by atoms with Crippen LogP contribution >= 0.6 is 15.9 Å². The van der Waals surface area contributed by atoms with Crippen molar-refractivity contribution in [3.8, 4) is 11.6 Å². The first-order valence-electron chi connectivity index (χ1n) is 6.23. The second-order valence-corrected chi connectivity index (χ2v) is 5.53. The largest absolute Gasteiger partial charge is 0.431 e. The third-order valence-electron chi connectivity index (χ3n) is 2.91. The number of nitrogens with zero attached hydrogens (tertiary/aromatic N) is 2. The van der Waals surface area contributed by atoms with E-state index in [9.17, 15) is 10.1 Å². The zero-order valence-corrected chi connectivity index (χ0v) is 13.1. The van der Waals surface area contributed by atoms with Crippen molar-refractivity contribution in [2.45, 2.75) is 19.9 Å². The summed E-state index contributed by atoms with van der Waals surface area (Å²) in [6, 6.07) is 6.39. The Morgan fingerprint density at radius 3 is 2.81 bits per heavy atom. The van der Waals surface area contributed by atoms with Gasteiger partial charge in [-0.2, -0.15) is 0 Å². The molecule has 110 valence electrons. The maximum Gasteiger partial charge on any atom is 0.313 e. The molecule has 2 N–H and O–H groups in total. The Labute approximate surface area is 130 Å². The molecule has 2 aromatic rings. The molecule has 1 unspecified atom stereocenters. The summed E-state index contributed by atoms with van der Waals surface area (Å²) in [6.45, 7) is 3.54. The molecule has 1 heterocycles. The first-order chi connectivity index (χ1) is 9.90. The van der Waals surface area contributed by atoms with Gasteiger partial charge in [-0.25, -0.2) is 4.98 Å². The molecule has 6 nitrogen and oxygen atoms in total. The van der Waals surface area contributed by atoms with Gasteiger partial charge < -0.3 is 10.5 Å². The van der Waals surface area contributed by atoms with E-state index in [1.807, 2.05) is 0 Å². The molecule has 0 radical (unpaired) electrons. The highest BCUT2D eigenvalue weighted by Gasteiger charge is 2.21. The molecule has 0 amide bonds. The molecule has 0 saturated heterocycles. The minimum atomic E-state index is -0.485. The molecular weight excluding hydrogens is 338 g/mol. The molecule has 7 heteroatoms. The fraction of sp³-hybridized carbons (Fsp3) is 0.214. The summed E-state index contributed by atoms with van der Waals surface area (Å²) in [5.74, 6) is 0.449. The maximum atomic E-state index is 11.2. The average Bonchev–Trinajstić information content (AvgIpc) is 2.41. The lowest BCUT2D eigenvalue weighted by Gasteiger charge is -2.13. The van der Waals surface area contributed by atoms with Gasteiger partial charge in [0.05, 0.1) is 4.92 Å². The van der Waals surface area contributed by atoms with E-state index in [1.165, 1.54) is 6.07 Å². The standard InChI is InChI=1S/C14H14BrN3O3/c1-8-6-10(15)7-12(18(19)20)13(8)21-14-11(9(2)16)4-3-5-17-14/h3-7,9H,16H2,1-2H3. The SMILES string of the molecule is Cc1cc(Br)cc([N+](=O)[O-])c1Oc1ncccc1C(C)N. The highest BCUT2D eigenvalue weighted by atomic mass is 79.9. The topological polar surface area (TPSA) is 91.3 Å². The van der Waals surface area contributed by atoms with Gasteiger partial charge in [-0.15, -0.1) is 0 Å². The highest BCUT2D eigenvalue weighted by Crippen LogP contribution is 2.38. The second kappa shape index (κ2) is 6.19. The Hall–Kier alpha value is -1.99. The van der Waals surface area contributed by atoms with E-state index in [4.69, 9.17) is 10.5 Å². The fourth-order valence-electron chi connectivity index (χ4n) is 1.91. The number of benzene rings is 1. The fourth-order valence-corrected chi connectivity index (χ4v) is 2.47. The van der Waals surface area contributed by atoms with Gasteiger partial charge in [0.2, 0.25) is 11.6 Å². The summed E-state index contributed by atoms with van der Waals surface area (Å²) >= 11 is 3.24. The van der Waals surface area contributed by atoms with Crippen LogP contribution in [0.1, 0.15) is 24.1 Å². The summed E-state index contributed by atoms with van der Waals surface area (Å²) in [6.07, 6.45) is 1.56. The van der Waals surface area contributed by atoms with Crippen molar-refractivity contribution in [2.24, 2.45) is 5.73 Å². The molecular formula is C14H14BrN3O3. The molecule has 0 fully saturated rings. The van der Waals surface area contributed by atoms with Crippen LogP contribution in [0, 0.1) is 17.0 Å². The van der Waals surface area contributed by atoms with E-state index in [0.29, 0.717) is 15.6 Å². The van der Waals surface area contributed by atoms with Crippen LogP contribution in [0.15, 0.2) is 34.9 Å². The van der Waals surface area contributed by atoms with Gasteiger partial charge in [0, 0.05) is 33.9 Å². The Morgan fingerprint density at radius 2 is 2.19 bits per heavy atom. The van der Waals surface area contributed by atoms with E-state index in [-0.39, 0.29) is 23.4 Å². The molecule has 21 heavy (non-hydrogen) atoms. The number of ether oxygens (including phenoxy) is 1. The van der Waals surface area contributed by atoms with Crippen LogP contribution in [0.4, 0.5) is 5.69 Å². The number of hydrogen-bond acceptors (Lipinski definition) is 5. The number of nitro benzene ring substituents is 1. The van der Waals surface area contributed by atoms with Crippen molar-refractivity contribution in [1.29, 1.82) is 0 Å². The Bertz CT molecular complexity index is 689. The quantitative estimate of drug-likeness (QED) is 0.666. The summed E-state index contributed by atoms with van der Waals surface area (Å²) in [7, 11) is 0. The number of aryl methyl sites for hydroxylation is 1. The molecule has 0 bridgehead atoms. The smallest absolute Gasteiger partial charge is 0.313 e. The molecule has 0 aliphatic heterocycles.